The Morgan fingerprint density at radius 1 is 1.58 bits per heavy atom. The second kappa shape index (κ2) is 3.55. The Morgan fingerprint density at radius 3 is 2.75 bits per heavy atom. The molecule has 0 unspecified atom stereocenters. The van der Waals surface area contributed by atoms with Gasteiger partial charge in [-0.15, -0.1) is 0 Å². The van der Waals surface area contributed by atoms with Crippen molar-refractivity contribution in [1.29, 1.82) is 0 Å². The fourth-order valence-electron chi connectivity index (χ4n) is 0.856. The van der Waals surface area contributed by atoms with Gasteiger partial charge in [-0.1, -0.05) is 4.51 Å². The topological polar surface area (TPSA) is 12.9 Å². The zero-order valence-corrected chi connectivity index (χ0v) is 8.68. The number of pyridine rings is 1. The molecule has 0 saturated heterocycles. The molecule has 0 aromatic carbocycles. The summed E-state index contributed by atoms with van der Waals surface area (Å²) < 4.78 is 26.8. The molecule has 0 aliphatic rings. The van der Waals surface area contributed by atoms with Crippen molar-refractivity contribution in [2.24, 2.45) is 0 Å². The van der Waals surface area contributed by atoms with Crippen LogP contribution in [0.4, 0.5) is 8.78 Å². The highest BCUT2D eigenvalue weighted by Crippen LogP contribution is 2.39. The van der Waals surface area contributed by atoms with E-state index in [0.29, 0.717) is 5.69 Å². The molecule has 1 rings (SSSR count). The van der Waals surface area contributed by atoms with Crippen LogP contribution in [-0.2, 0) is 3.93 Å². The molecule has 0 fully saturated rings. The first kappa shape index (κ1) is 9.70. The van der Waals surface area contributed by atoms with Crippen molar-refractivity contribution < 1.29 is 8.78 Å². The van der Waals surface area contributed by atoms with E-state index in [9.17, 15) is 8.78 Å². The van der Waals surface area contributed by atoms with Crippen LogP contribution in [-0.4, -0.2) is 9.50 Å². The van der Waals surface area contributed by atoms with Crippen LogP contribution in [0.5, 0.6) is 0 Å². The van der Waals surface area contributed by atoms with E-state index in [1.807, 2.05) is 0 Å². The minimum atomic E-state index is -2.74. The van der Waals surface area contributed by atoms with Crippen molar-refractivity contribution in [2.75, 3.05) is 0 Å². The number of hydrogen-bond donors (Lipinski definition) is 0. The smallest absolute Gasteiger partial charge is 0.261 e. The van der Waals surface area contributed by atoms with Gasteiger partial charge in [-0.2, -0.15) is 8.78 Å². The van der Waals surface area contributed by atoms with Gasteiger partial charge in [0.15, 0.2) is 0 Å². The SMILES string of the molecule is C=IC(F)(F)c1cccnc1C. The molecule has 0 atom stereocenters. The number of nitrogens with zero attached hydrogens (tertiary/aromatic N) is 1. The van der Waals surface area contributed by atoms with Gasteiger partial charge < -0.3 is 0 Å². The highest BCUT2D eigenvalue weighted by atomic mass is 127. The molecule has 0 radical (unpaired) electrons. The molecule has 66 valence electrons. The van der Waals surface area contributed by atoms with Gasteiger partial charge in [-0.25, -0.2) is 0 Å². The van der Waals surface area contributed by atoms with Gasteiger partial charge in [0.2, 0.25) is 0 Å². The number of alkyl halides is 3. The Kier molecular flexibility index (Phi) is 2.87. The van der Waals surface area contributed by atoms with Gasteiger partial charge >= 0.3 is 3.93 Å². The van der Waals surface area contributed by atoms with E-state index in [-0.39, 0.29) is 5.56 Å². The summed E-state index contributed by atoms with van der Waals surface area (Å²) in [5.74, 6) is 0. The molecule has 0 amide bonds. The van der Waals surface area contributed by atoms with Gasteiger partial charge in [0.25, 0.3) is 0 Å². The zero-order chi connectivity index (χ0) is 9.19. The van der Waals surface area contributed by atoms with Gasteiger partial charge in [0.1, 0.15) is 0 Å². The van der Waals surface area contributed by atoms with Crippen LogP contribution in [0.2, 0.25) is 0 Å². The van der Waals surface area contributed by atoms with E-state index in [4.69, 9.17) is 0 Å². The van der Waals surface area contributed by atoms with Crippen LogP contribution in [0.3, 0.4) is 0 Å². The predicted octanol–water partition coefficient (Wildman–Crippen LogP) is 2.84. The second-order valence-electron chi connectivity index (χ2n) is 2.27. The van der Waals surface area contributed by atoms with E-state index >= 15 is 0 Å². The molecule has 1 aromatic heterocycles. The first-order chi connectivity index (χ1) is 5.58. The lowest BCUT2D eigenvalue weighted by atomic mass is 10.2. The first-order valence-corrected chi connectivity index (χ1v) is 5.88. The van der Waals surface area contributed by atoms with Gasteiger partial charge in [-0.3, -0.25) is 4.98 Å². The molecule has 0 saturated carbocycles. The molecule has 0 spiro atoms. The Balaban J connectivity index is 3.19. The van der Waals surface area contributed by atoms with Gasteiger partial charge in [-0.05, 0) is 39.8 Å². The fourth-order valence-corrected chi connectivity index (χ4v) is 1.84. The standard InChI is InChI=1S/C8H8F2IN/c1-6-7(4-3-5-12-6)8(9,10)11-2/h3-5H,2H2,1H3. The van der Waals surface area contributed by atoms with Crippen molar-refractivity contribution in [2.45, 2.75) is 10.9 Å². The molecule has 1 heterocycles. The lowest BCUT2D eigenvalue weighted by molar-refractivity contribution is 0.126. The Hall–Kier alpha value is -0.390. The molecule has 1 nitrogen and oxygen atoms in total. The summed E-state index contributed by atoms with van der Waals surface area (Å²) in [6.45, 7) is 1.59. The summed E-state index contributed by atoms with van der Waals surface area (Å²) in [4.78, 5) is 3.80. The van der Waals surface area contributed by atoms with E-state index in [0.717, 1.165) is 0 Å². The van der Waals surface area contributed by atoms with Crippen molar-refractivity contribution >= 4 is 25.2 Å². The monoisotopic (exact) mass is 283 g/mol. The van der Waals surface area contributed by atoms with Crippen LogP contribution < -0.4 is 0 Å². The zero-order valence-electron chi connectivity index (χ0n) is 6.52. The summed E-state index contributed by atoms with van der Waals surface area (Å²) in [5, 5.41) is 0. The summed E-state index contributed by atoms with van der Waals surface area (Å²) in [6, 6.07) is 2.93. The maximum absolute atomic E-state index is 13.1. The third-order valence-corrected chi connectivity index (χ3v) is 3.02. The predicted molar refractivity (Wildman–Crippen MR) is 54.0 cm³/mol. The molecule has 1 aromatic rings. The minimum Gasteiger partial charge on any atom is -0.261 e. The summed E-state index contributed by atoms with van der Waals surface area (Å²) in [7, 11) is 0. The average molecular weight is 283 g/mol. The lowest BCUT2D eigenvalue weighted by Crippen LogP contribution is -2.06. The maximum atomic E-state index is 13.1. The summed E-state index contributed by atoms with van der Waals surface area (Å²) in [5.41, 5.74) is 0.415. The van der Waals surface area contributed by atoms with Crippen molar-refractivity contribution in [3.8, 4) is 0 Å². The Bertz CT molecular complexity index is 299. The van der Waals surface area contributed by atoms with Crippen LogP contribution in [0.25, 0.3) is 0 Å². The van der Waals surface area contributed by atoms with Crippen LogP contribution >= 0.6 is 20.7 Å². The molecule has 0 aliphatic heterocycles. The third-order valence-electron chi connectivity index (χ3n) is 1.48. The second-order valence-corrected chi connectivity index (χ2v) is 4.39. The Labute approximate surface area is 79.6 Å². The average Bonchev–Trinajstić information content (AvgIpc) is 2.05. The molecule has 0 N–H and O–H groups in total. The number of aromatic nitrogens is 1. The number of rotatable bonds is 2. The fraction of sp³-hybridized carbons (Fsp3) is 0.250. The summed E-state index contributed by atoms with van der Waals surface area (Å²) in [6.07, 6.45) is 1.51. The third kappa shape index (κ3) is 1.85. The van der Waals surface area contributed by atoms with Crippen LogP contribution in [0.15, 0.2) is 18.3 Å². The molecule has 0 bridgehead atoms. The minimum absolute atomic E-state index is 0.0211. The highest BCUT2D eigenvalue weighted by Gasteiger charge is 2.29. The first-order valence-electron chi connectivity index (χ1n) is 3.27. The van der Waals surface area contributed by atoms with E-state index in [1.54, 1.807) is 6.92 Å². The number of aryl methyl sites for hydroxylation is 1. The van der Waals surface area contributed by atoms with Crippen molar-refractivity contribution in [3.63, 3.8) is 0 Å². The van der Waals surface area contributed by atoms with Gasteiger partial charge in [0, 0.05) is 11.9 Å². The quantitative estimate of drug-likeness (QED) is 0.601. The molecular weight excluding hydrogens is 275 g/mol. The molecule has 0 aliphatic carbocycles. The maximum Gasteiger partial charge on any atom is 0.317 e. The highest BCUT2D eigenvalue weighted by molar-refractivity contribution is 14.2. The van der Waals surface area contributed by atoms with Crippen LogP contribution in [0.1, 0.15) is 11.3 Å². The number of hydrogen-bond acceptors (Lipinski definition) is 1. The molecular formula is C8H8F2IN. The van der Waals surface area contributed by atoms with E-state index < -0.39 is 24.7 Å². The van der Waals surface area contributed by atoms with Crippen molar-refractivity contribution in [1.82, 2.24) is 4.98 Å². The van der Waals surface area contributed by atoms with Crippen LogP contribution in [0, 0.1) is 6.92 Å². The Morgan fingerprint density at radius 2 is 2.25 bits per heavy atom. The molecule has 4 heteroatoms. The summed E-state index contributed by atoms with van der Waals surface area (Å²) >= 11 is -1.36. The number of halogens is 3. The van der Waals surface area contributed by atoms with E-state index in [2.05, 4.69) is 9.50 Å². The largest absolute Gasteiger partial charge is 0.317 e. The van der Waals surface area contributed by atoms with Crippen molar-refractivity contribution in [3.05, 3.63) is 29.6 Å². The molecule has 12 heavy (non-hydrogen) atoms. The van der Waals surface area contributed by atoms with E-state index in [1.165, 1.54) is 18.3 Å². The normalized spacial score (nSPS) is 11.6. The lowest BCUT2D eigenvalue weighted by Gasteiger charge is -2.11. The van der Waals surface area contributed by atoms with Gasteiger partial charge in [0.05, 0.1) is 5.56 Å².